The Bertz CT molecular complexity index is 823. The van der Waals surface area contributed by atoms with Crippen LogP contribution in [0.1, 0.15) is 35.3 Å². The van der Waals surface area contributed by atoms with E-state index < -0.39 is 5.97 Å². The second-order valence-electron chi connectivity index (χ2n) is 5.76. The van der Waals surface area contributed by atoms with E-state index in [2.05, 4.69) is 10.3 Å². The maximum absolute atomic E-state index is 12.7. The number of esters is 1. The number of carbonyl (C=O) groups excluding carboxylic acids is 2. The number of benzene rings is 1. The first-order chi connectivity index (χ1) is 12.5. The van der Waals surface area contributed by atoms with Crippen LogP contribution in [0.25, 0.3) is 0 Å². The minimum atomic E-state index is -0.453. The zero-order chi connectivity index (χ0) is 18.7. The predicted molar refractivity (Wildman–Crippen MR) is 102 cm³/mol. The van der Waals surface area contributed by atoms with Gasteiger partial charge in [-0.05, 0) is 38.0 Å². The van der Waals surface area contributed by atoms with Crippen molar-refractivity contribution in [2.45, 2.75) is 32.4 Å². The summed E-state index contributed by atoms with van der Waals surface area (Å²) < 4.78 is 4.94. The number of ether oxygens (including phenoxy) is 1. The van der Waals surface area contributed by atoms with Gasteiger partial charge in [-0.3, -0.25) is 0 Å². The maximum Gasteiger partial charge on any atom is 0.357 e. The molecule has 1 aliphatic carbocycles. The van der Waals surface area contributed by atoms with Crippen LogP contribution in [0.2, 0.25) is 10.0 Å². The number of thiazole rings is 1. The molecule has 3 rings (SSSR count). The van der Waals surface area contributed by atoms with Crippen molar-refractivity contribution in [3.05, 3.63) is 44.3 Å². The van der Waals surface area contributed by atoms with Crippen molar-refractivity contribution >= 4 is 52.2 Å². The molecule has 2 amide bonds. The van der Waals surface area contributed by atoms with Crippen LogP contribution in [-0.4, -0.2) is 34.5 Å². The molecule has 9 heteroatoms. The van der Waals surface area contributed by atoms with Gasteiger partial charge >= 0.3 is 12.0 Å². The van der Waals surface area contributed by atoms with Crippen LogP contribution in [0, 0.1) is 0 Å². The highest BCUT2D eigenvalue weighted by atomic mass is 35.5. The molecule has 0 spiro atoms. The molecule has 26 heavy (non-hydrogen) atoms. The largest absolute Gasteiger partial charge is 0.461 e. The fourth-order valence-electron chi connectivity index (χ4n) is 2.36. The second kappa shape index (κ2) is 8.24. The molecular formula is C17H17Cl2N3O3S. The lowest BCUT2D eigenvalue weighted by Gasteiger charge is -2.22. The highest BCUT2D eigenvalue weighted by Gasteiger charge is 2.33. The molecule has 1 aromatic carbocycles. The molecule has 0 bridgehead atoms. The summed E-state index contributed by atoms with van der Waals surface area (Å²) in [6, 6.07) is 4.81. The number of carbonyl (C=O) groups is 2. The lowest BCUT2D eigenvalue weighted by molar-refractivity contribution is 0.0520. The Morgan fingerprint density at radius 3 is 2.81 bits per heavy atom. The molecule has 1 N–H and O–H groups in total. The van der Waals surface area contributed by atoms with Gasteiger partial charge < -0.3 is 15.0 Å². The van der Waals surface area contributed by atoms with E-state index in [1.807, 2.05) is 0 Å². The van der Waals surface area contributed by atoms with Gasteiger partial charge in [0, 0.05) is 16.4 Å². The quantitative estimate of drug-likeness (QED) is 0.688. The molecule has 0 aliphatic heterocycles. The predicted octanol–water partition coefficient (Wildman–Crippen LogP) is 4.82. The number of amides is 2. The number of hydrogen-bond acceptors (Lipinski definition) is 5. The Morgan fingerprint density at radius 2 is 2.15 bits per heavy atom. The van der Waals surface area contributed by atoms with Gasteiger partial charge in [-0.25, -0.2) is 14.6 Å². The molecule has 0 saturated heterocycles. The SMILES string of the molecule is CCOC(=O)c1csc(CN(C(=O)Nc2ccc(Cl)cc2Cl)C2CC2)n1. The number of anilines is 1. The van der Waals surface area contributed by atoms with E-state index in [0.717, 1.165) is 12.8 Å². The summed E-state index contributed by atoms with van der Waals surface area (Å²) in [7, 11) is 0. The number of halogens is 2. The van der Waals surface area contributed by atoms with Crippen LogP contribution >= 0.6 is 34.5 Å². The monoisotopic (exact) mass is 413 g/mol. The van der Waals surface area contributed by atoms with Crippen LogP contribution in [0.5, 0.6) is 0 Å². The van der Waals surface area contributed by atoms with Crippen LogP contribution in [0.15, 0.2) is 23.6 Å². The summed E-state index contributed by atoms with van der Waals surface area (Å²) in [5.41, 5.74) is 0.766. The Morgan fingerprint density at radius 1 is 1.38 bits per heavy atom. The van der Waals surface area contributed by atoms with E-state index in [-0.39, 0.29) is 17.8 Å². The van der Waals surface area contributed by atoms with E-state index >= 15 is 0 Å². The molecule has 2 aromatic rings. The Kier molecular flexibility index (Phi) is 6.01. The summed E-state index contributed by atoms with van der Waals surface area (Å²) in [5, 5.41) is 6.01. The number of aromatic nitrogens is 1. The zero-order valence-electron chi connectivity index (χ0n) is 14.0. The molecule has 1 aliphatic rings. The van der Waals surface area contributed by atoms with Crippen molar-refractivity contribution in [1.82, 2.24) is 9.88 Å². The van der Waals surface area contributed by atoms with E-state index in [4.69, 9.17) is 27.9 Å². The molecule has 1 fully saturated rings. The molecule has 138 valence electrons. The molecule has 1 saturated carbocycles. The van der Waals surface area contributed by atoms with Gasteiger partial charge in [-0.2, -0.15) is 0 Å². The summed E-state index contributed by atoms with van der Waals surface area (Å²) in [5.74, 6) is -0.453. The first-order valence-corrected chi connectivity index (χ1v) is 9.75. The third-order valence-corrected chi connectivity index (χ3v) is 5.14. The molecule has 0 unspecified atom stereocenters. The standard InChI is InChI=1S/C17H17Cl2N3O3S/c1-2-25-16(23)14-9-26-15(20-14)8-22(11-4-5-11)17(24)21-13-6-3-10(18)7-12(13)19/h3,6-7,9,11H,2,4-5,8H2,1H3,(H,21,24). The van der Waals surface area contributed by atoms with Crippen LogP contribution in [0.4, 0.5) is 10.5 Å². The molecule has 6 nitrogen and oxygen atoms in total. The third-order valence-electron chi connectivity index (χ3n) is 3.76. The van der Waals surface area contributed by atoms with Gasteiger partial charge in [0.2, 0.25) is 0 Å². The lowest BCUT2D eigenvalue weighted by atomic mass is 10.3. The number of rotatable bonds is 6. The Labute approximate surface area is 165 Å². The minimum absolute atomic E-state index is 0.163. The molecular weight excluding hydrogens is 397 g/mol. The number of nitrogens with one attached hydrogen (secondary N) is 1. The lowest BCUT2D eigenvalue weighted by Crippen LogP contribution is -2.36. The average molecular weight is 414 g/mol. The van der Waals surface area contributed by atoms with Gasteiger partial charge in [0.15, 0.2) is 5.69 Å². The van der Waals surface area contributed by atoms with Gasteiger partial charge in [0.1, 0.15) is 5.01 Å². The number of hydrogen-bond donors (Lipinski definition) is 1. The highest BCUT2D eigenvalue weighted by molar-refractivity contribution is 7.09. The van der Waals surface area contributed by atoms with E-state index in [1.54, 1.807) is 35.4 Å². The number of urea groups is 1. The topological polar surface area (TPSA) is 71.5 Å². The molecule has 1 aromatic heterocycles. The van der Waals surface area contributed by atoms with Gasteiger partial charge in [-0.1, -0.05) is 23.2 Å². The minimum Gasteiger partial charge on any atom is -0.461 e. The Balaban J connectivity index is 1.69. The van der Waals surface area contributed by atoms with Gasteiger partial charge in [0.25, 0.3) is 0 Å². The van der Waals surface area contributed by atoms with Gasteiger partial charge in [0.05, 0.1) is 23.9 Å². The average Bonchev–Trinajstić information content (AvgIpc) is 3.33. The van der Waals surface area contributed by atoms with E-state index in [1.165, 1.54) is 11.3 Å². The summed E-state index contributed by atoms with van der Waals surface area (Å²) >= 11 is 13.3. The van der Waals surface area contributed by atoms with E-state index in [9.17, 15) is 9.59 Å². The Hall–Kier alpha value is -1.83. The molecule has 0 radical (unpaired) electrons. The van der Waals surface area contributed by atoms with Crippen molar-refractivity contribution in [3.63, 3.8) is 0 Å². The smallest absolute Gasteiger partial charge is 0.357 e. The van der Waals surface area contributed by atoms with E-state index in [0.29, 0.717) is 33.9 Å². The molecule has 1 heterocycles. The summed E-state index contributed by atoms with van der Waals surface area (Å²) in [4.78, 5) is 30.4. The normalized spacial score (nSPS) is 13.3. The fourth-order valence-corrected chi connectivity index (χ4v) is 3.58. The summed E-state index contributed by atoms with van der Waals surface area (Å²) in [6.45, 7) is 2.36. The molecule has 0 atom stereocenters. The van der Waals surface area contributed by atoms with Crippen molar-refractivity contribution in [2.75, 3.05) is 11.9 Å². The fraction of sp³-hybridized carbons (Fsp3) is 0.353. The van der Waals surface area contributed by atoms with Gasteiger partial charge in [-0.15, -0.1) is 11.3 Å². The first-order valence-electron chi connectivity index (χ1n) is 8.12. The van der Waals surface area contributed by atoms with Crippen LogP contribution in [0.3, 0.4) is 0 Å². The highest BCUT2D eigenvalue weighted by Crippen LogP contribution is 2.31. The van der Waals surface area contributed by atoms with Crippen LogP contribution < -0.4 is 5.32 Å². The first kappa shape index (κ1) is 18.9. The van der Waals surface area contributed by atoms with Crippen molar-refractivity contribution in [1.29, 1.82) is 0 Å². The maximum atomic E-state index is 12.7. The summed E-state index contributed by atoms with van der Waals surface area (Å²) in [6.07, 6.45) is 1.88. The third kappa shape index (κ3) is 4.66. The zero-order valence-corrected chi connectivity index (χ0v) is 16.3. The number of nitrogens with zero attached hydrogens (tertiary/aromatic N) is 2. The van der Waals surface area contributed by atoms with Crippen molar-refractivity contribution < 1.29 is 14.3 Å². The second-order valence-corrected chi connectivity index (χ2v) is 7.55. The van der Waals surface area contributed by atoms with Crippen molar-refractivity contribution in [3.8, 4) is 0 Å². The van der Waals surface area contributed by atoms with Crippen molar-refractivity contribution in [2.24, 2.45) is 0 Å². The van der Waals surface area contributed by atoms with Crippen LogP contribution in [-0.2, 0) is 11.3 Å².